The Balaban J connectivity index is 2.58. The van der Waals surface area contributed by atoms with Crippen molar-refractivity contribution in [1.29, 1.82) is 0 Å². The Kier molecular flexibility index (Phi) is 3.61. The fourth-order valence-electron chi connectivity index (χ4n) is 1.78. The average molecular weight is 220 g/mol. The molecule has 0 aromatic heterocycles. The third-order valence-corrected chi connectivity index (χ3v) is 2.52. The lowest BCUT2D eigenvalue weighted by atomic mass is 9.81. The topological polar surface area (TPSA) is 37.3 Å². The van der Waals surface area contributed by atoms with Gasteiger partial charge in [-0.1, -0.05) is 12.3 Å². The second kappa shape index (κ2) is 4.56. The third-order valence-electron chi connectivity index (χ3n) is 2.52. The first-order valence-electron chi connectivity index (χ1n) is 4.71. The Bertz CT molecular complexity index is 298. The molecule has 1 saturated carbocycles. The molecule has 15 heavy (non-hydrogen) atoms. The van der Waals surface area contributed by atoms with E-state index in [9.17, 15) is 18.0 Å². The first-order valence-corrected chi connectivity index (χ1v) is 4.71. The second-order valence-electron chi connectivity index (χ2n) is 3.68. The maximum atomic E-state index is 12.3. The van der Waals surface area contributed by atoms with Crippen LogP contribution in [0.25, 0.3) is 0 Å². The van der Waals surface area contributed by atoms with Crippen molar-refractivity contribution in [3.8, 4) is 11.8 Å². The van der Waals surface area contributed by atoms with Crippen molar-refractivity contribution in [2.24, 2.45) is 11.8 Å². The zero-order chi connectivity index (χ0) is 11.5. The van der Waals surface area contributed by atoms with Crippen molar-refractivity contribution >= 4 is 5.97 Å². The molecule has 2 unspecified atom stereocenters. The van der Waals surface area contributed by atoms with Crippen LogP contribution < -0.4 is 0 Å². The summed E-state index contributed by atoms with van der Waals surface area (Å²) in [5.41, 5.74) is 0. The molecular formula is C10H11F3O2. The van der Waals surface area contributed by atoms with E-state index in [1.807, 2.05) is 5.92 Å². The first-order chi connectivity index (χ1) is 6.89. The van der Waals surface area contributed by atoms with Gasteiger partial charge in [0.15, 0.2) is 0 Å². The summed E-state index contributed by atoms with van der Waals surface area (Å²) in [5.74, 6) is 1.22. The van der Waals surface area contributed by atoms with Crippen LogP contribution in [0.2, 0.25) is 0 Å². The molecule has 0 bridgehead atoms. The van der Waals surface area contributed by atoms with E-state index in [-0.39, 0.29) is 12.8 Å². The van der Waals surface area contributed by atoms with E-state index in [2.05, 4.69) is 5.92 Å². The van der Waals surface area contributed by atoms with Crippen molar-refractivity contribution in [2.75, 3.05) is 0 Å². The molecule has 84 valence electrons. The molecule has 0 radical (unpaired) electrons. The van der Waals surface area contributed by atoms with Gasteiger partial charge >= 0.3 is 12.1 Å². The van der Waals surface area contributed by atoms with Gasteiger partial charge in [-0.25, -0.2) is 4.79 Å². The summed E-state index contributed by atoms with van der Waals surface area (Å²) in [5, 5.41) is 8.27. The van der Waals surface area contributed by atoms with Gasteiger partial charge in [0.2, 0.25) is 0 Å². The third kappa shape index (κ3) is 3.82. The van der Waals surface area contributed by atoms with Crippen LogP contribution in [0, 0.1) is 23.7 Å². The molecule has 1 aliphatic rings. The highest BCUT2D eigenvalue weighted by Gasteiger charge is 2.41. The normalized spacial score (nSPS) is 26.6. The van der Waals surface area contributed by atoms with Gasteiger partial charge in [-0.15, -0.1) is 0 Å². The van der Waals surface area contributed by atoms with Crippen molar-refractivity contribution < 1.29 is 23.1 Å². The van der Waals surface area contributed by atoms with Crippen molar-refractivity contribution in [2.45, 2.75) is 31.9 Å². The zero-order valence-corrected chi connectivity index (χ0v) is 7.97. The van der Waals surface area contributed by atoms with Gasteiger partial charge in [0.1, 0.15) is 0 Å². The molecule has 0 spiro atoms. The molecular weight excluding hydrogens is 209 g/mol. The Morgan fingerprint density at radius 1 is 1.33 bits per heavy atom. The molecule has 2 atom stereocenters. The SMILES string of the molecule is O=C(O)C#CC1CCCC(C(F)(F)F)C1. The lowest BCUT2D eigenvalue weighted by Crippen LogP contribution is -2.28. The van der Waals surface area contributed by atoms with Crippen LogP contribution in [0.4, 0.5) is 13.2 Å². The molecule has 0 aromatic rings. The van der Waals surface area contributed by atoms with E-state index in [4.69, 9.17) is 5.11 Å². The van der Waals surface area contributed by atoms with Crippen LogP contribution in [-0.2, 0) is 4.79 Å². The van der Waals surface area contributed by atoms with E-state index in [1.54, 1.807) is 0 Å². The molecule has 0 heterocycles. The lowest BCUT2D eigenvalue weighted by Gasteiger charge is -2.27. The first kappa shape index (κ1) is 11.9. The molecule has 5 heteroatoms. The Labute approximate surface area is 85.5 Å². The molecule has 1 N–H and O–H groups in total. The molecule has 0 aliphatic heterocycles. The summed E-state index contributed by atoms with van der Waals surface area (Å²) in [4.78, 5) is 10.1. The number of carbonyl (C=O) groups is 1. The standard InChI is InChI=1S/C10H11F3O2/c11-10(12,13)8-3-1-2-7(6-8)4-5-9(14)15/h7-8H,1-3,6H2,(H,14,15). The number of rotatable bonds is 0. The predicted octanol–water partition coefficient (Wildman–Crippen LogP) is 2.44. The van der Waals surface area contributed by atoms with E-state index in [0.717, 1.165) is 0 Å². The predicted molar refractivity (Wildman–Crippen MR) is 46.9 cm³/mol. The Hall–Kier alpha value is -1.18. The lowest BCUT2D eigenvalue weighted by molar-refractivity contribution is -0.184. The van der Waals surface area contributed by atoms with Crippen molar-refractivity contribution in [1.82, 2.24) is 0 Å². The number of halogens is 3. The number of hydrogen-bond acceptors (Lipinski definition) is 1. The highest BCUT2D eigenvalue weighted by molar-refractivity contribution is 5.86. The maximum absolute atomic E-state index is 12.3. The fourth-order valence-corrected chi connectivity index (χ4v) is 1.78. The van der Waals surface area contributed by atoms with Gasteiger partial charge in [-0.3, -0.25) is 0 Å². The van der Waals surface area contributed by atoms with Crippen LogP contribution in [0.3, 0.4) is 0 Å². The summed E-state index contributed by atoms with van der Waals surface area (Å²) in [6.45, 7) is 0. The largest absolute Gasteiger partial charge is 0.472 e. The van der Waals surface area contributed by atoms with Gasteiger partial charge in [-0.05, 0) is 19.3 Å². The molecule has 0 amide bonds. The van der Waals surface area contributed by atoms with Crippen LogP contribution in [0.15, 0.2) is 0 Å². The molecule has 1 rings (SSSR count). The highest BCUT2D eigenvalue weighted by Crippen LogP contribution is 2.39. The average Bonchev–Trinajstić information content (AvgIpc) is 2.14. The number of aliphatic carboxylic acids is 1. The van der Waals surface area contributed by atoms with Crippen LogP contribution in [0.1, 0.15) is 25.7 Å². The van der Waals surface area contributed by atoms with E-state index in [0.29, 0.717) is 12.8 Å². The summed E-state index contributed by atoms with van der Waals surface area (Å²) >= 11 is 0. The molecule has 0 saturated heterocycles. The molecule has 2 nitrogen and oxygen atoms in total. The quantitative estimate of drug-likeness (QED) is 0.636. The number of carboxylic acid groups (broad SMARTS) is 1. The minimum Gasteiger partial charge on any atom is -0.472 e. The van der Waals surface area contributed by atoms with Crippen LogP contribution in [0.5, 0.6) is 0 Å². The molecule has 0 aromatic carbocycles. The zero-order valence-electron chi connectivity index (χ0n) is 7.97. The van der Waals surface area contributed by atoms with Crippen LogP contribution >= 0.6 is 0 Å². The smallest absolute Gasteiger partial charge is 0.391 e. The number of alkyl halides is 3. The number of hydrogen-bond donors (Lipinski definition) is 1. The second-order valence-corrected chi connectivity index (χ2v) is 3.68. The fraction of sp³-hybridized carbons (Fsp3) is 0.700. The molecule has 1 aliphatic carbocycles. The summed E-state index contributed by atoms with van der Waals surface area (Å²) < 4.78 is 37.0. The summed E-state index contributed by atoms with van der Waals surface area (Å²) in [6, 6.07) is 0. The minimum absolute atomic E-state index is 0.0657. The van der Waals surface area contributed by atoms with E-state index >= 15 is 0 Å². The number of carboxylic acids is 1. The van der Waals surface area contributed by atoms with E-state index in [1.165, 1.54) is 0 Å². The van der Waals surface area contributed by atoms with Crippen molar-refractivity contribution in [3.63, 3.8) is 0 Å². The summed E-state index contributed by atoms with van der Waals surface area (Å²) in [6.07, 6.45) is -3.09. The maximum Gasteiger partial charge on any atom is 0.391 e. The monoisotopic (exact) mass is 220 g/mol. The van der Waals surface area contributed by atoms with E-state index < -0.39 is 24.0 Å². The van der Waals surface area contributed by atoms with Gasteiger partial charge in [0.05, 0.1) is 5.92 Å². The summed E-state index contributed by atoms with van der Waals surface area (Å²) in [7, 11) is 0. The van der Waals surface area contributed by atoms with Gasteiger partial charge in [0, 0.05) is 11.8 Å². The van der Waals surface area contributed by atoms with Crippen LogP contribution in [-0.4, -0.2) is 17.3 Å². The molecule has 1 fully saturated rings. The minimum atomic E-state index is -4.18. The Morgan fingerprint density at radius 3 is 2.53 bits per heavy atom. The van der Waals surface area contributed by atoms with Crippen molar-refractivity contribution in [3.05, 3.63) is 0 Å². The van der Waals surface area contributed by atoms with Gasteiger partial charge in [-0.2, -0.15) is 13.2 Å². The highest BCUT2D eigenvalue weighted by atomic mass is 19.4. The van der Waals surface area contributed by atoms with Gasteiger partial charge in [0.25, 0.3) is 0 Å². The van der Waals surface area contributed by atoms with Gasteiger partial charge < -0.3 is 5.11 Å². The Morgan fingerprint density at radius 2 is 2.00 bits per heavy atom.